The molecule has 0 spiro atoms. The van der Waals surface area contributed by atoms with Crippen LogP contribution in [0.3, 0.4) is 0 Å². The van der Waals surface area contributed by atoms with Gasteiger partial charge in [0.15, 0.2) is 11.5 Å². The Balaban J connectivity index is 1.97. The van der Waals surface area contributed by atoms with Gasteiger partial charge in [0.1, 0.15) is 10.6 Å². The molecule has 0 saturated heterocycles. The molecule has 0 aliphatic rings. The van der Waals surface area contributed by atoms with Crippen molar-refractivity contribution < 1.29 is 28.5 Å². The molecule has 0 saturated carbocycles. The lowest BCUT2D eigenvalue weighted by atomic mass is 10.1. The fourth-order valence-electron chi connectivity index (χ4n) is 3.10. The summed E-state index contributed by atoms with van der Waals surface area (Å²) in [7, 11) is 4.46. The van der Waals surface area contributed by atoms with Crippen LogP contribution in [0.1, 0.15) is 40.5 Å². The van der Waals surface area contributed by atoms with E-state index in [-0.39, 0.29) is 0 Å². The first-order valence-electron chi connectivity index (χ1n) is 9.84. The molecule has 0 aliphatic heterocycles. The molecule has 0 aliphatic carbocycles. The molecule has 0 bridgehead atoms. The van der Waals surface area contributed by atoms with Crippen molar-refractivity contribution in [3.8, 4) is 17.2 Å². The number of anilines is 1. The number of rotatable bonds is 9. The van der Waals surface area contributed by atoms with Gasteiger partial charge < -0.3 is 24.3 Å². The molecule has 0 unspecified atom stereocenters. The van der Waals surface area contributed by atoms with Crippen LogP contribution < -0.4 is 19.5 Å². The van der Waals surface area contributed by atoms with Gasteiger partial charge in [0, 0.05) is 15.6 Å². The molecule has 8 heteroatoms. The van der Waals surface area contributed by atoms with Gasteiger partial charge in [-0.15, -0.1) is 11.3 Å². The van der Waals surface area contributed by atoms with E-state index in [0.717, 1.165) is 22.9 Å². The van der Waals surface area contributed by atoms with Gasteiger partial charge in [0.05, 0.1) is 27.9 Å². The molecule has 1 N–H and O–H groups in total. The van der Waals surface area contributed by atoms with Crippen molar-refractivity contribution in [2.24, 2.45) is 0 Å². The Morgan fingerprint density at radius 3 is 2.29 bits per heavy atom. The Kier molecular flexibility index (Phi) is 7.36. The van der Waals surface area contributed by atoms with Crippen LogP contribution in [0.4, 0.5) is 5.00 Å². The van der Waals surface area contributed by atoms with E-state index in [9.17, 15) is 9.59 Å². The van der Waals surface area contributed by atoms with Gasteiger partial charge in [-0.3, -0.25) is 4.79 Å². The van der Waals surface area contributed by atoms with E-state index in [0.29, 0.717) is 40.0 Å². The van der Waals surface area contributed by atoms with E-state index >= 15 is 0 Å². The Morgan fingerprint density at radius 2 is 1.68 bits per heavy atom. The van der Waals surface area contributed by atoms with Gasteiger partial charge in [-0.05, 0) is 24.6 Å². The van der Waals surface area contributed by atoms with Crippen molar-refractivity contribution in [3.05, 3.63) is 47.5 Å². The summed E-state index contributed by atoms with van der Waals surface area (Å²) in [5.41, 5.74) is 0.662. The minimum atomic E-state index is -0.453. The molecule has 31 heavy (non-hydrogen) atoms. The number of nitrogens with one attached hydrogen (secondary N) is 1. The first kappa shape index (κ1) is 22.4. The molecule has 7 nitrogen and oxygen atoms in total. The van der Waals surface area contributed by atoms with E-state index < -0.39 is 11.9 Å². The van der Waals surface area contributed by atoms with Crippen LogP contribution in [-0.2, 0) is 4.74 Å². The highest BCUT2D eigenvalue weighted by atomic mass is 32.1. The van der Waals surface area contributed by atoms with Crippen molar-refractivity contribution in [2.75, 3.05) is 33.3 Å². The maximum absolute atomic E-state index is 13.1. The molecule has 1 amide bonds. The number of carbonyl (C=O) groups is 2. The zero-order valence-corrected chi connectivity index (χ0v) is 18.8. The van der Waals surface area contributed by atoms with Crippen molar-refractivity contribution in [2.45, 2.75) is 19.8 Å². The number of thiophene rings is 1. The van der Waals surface area contributed by atoms with Crippen molar-refractivity contribution in [1.29, 1.82) is 0 Å². The third-order valence-corrected chi connectivity index (χ3v) is 5.77. The lowest BCUT2D eigenvalue weighted by Gasteiger charge is -2.14. The van der Waals surface area contributed by atoms with E-state index in [2.05, 4.69) is 5.32 Å². The standard InChI is InChI=1S/C23H25NO6S/c1-5-6-11-30-23(26)19-15-9-7-8-10-18(15)31-22(19)24-21(25)14-12-16(27-2)20(29-4)17(13-14)28-3/h7-10,12-13H,5-6,11H2,1-4H3,(H,24,25). The fraction of sp³-hybridized carbons (Fsp3) is 0.304. The zero-order valence-electron chi connectivity index (χ0n) is 17.9. The normalized spacial score (nSPS) is 10.6. The number of unbranched alkanes of at least 4 members (excludes halogenated alkanes) is 1. The average Bonchev–Trinajstić information content (AvgIpc) is 3.15. The number of hydrogen-bond donors (Lipinski definition) is 1. The number of fused-ring (bicyclic) bond motifs is 1. The summed E-state index contributed by atoms with van der Waals surface area (Å²) < 4.78 is 22.3. The SMILES string of the molecule is CCCCOC(=O)c1c(NC(=O)c2cc(OC)c(OC)c(OC)c2)sc2ccccc12. The lowest BCUT2D eigenvalue weighted by molar-refractivity contribution is 0.0503. The van der Waals surface area contributed by atoms with Crippen LogP contribution in [0.2, 0.25) is 0 Å². The number of esters is 1. The van der Waals surface area contributed by atoms with Crippen LogP contribution in [0.15, 0.2) is 36.4 Å². The van der Waals surface area contributed by atoms with Crippen molar-refractivity contribution >= 4 is 38.3 Å². The molecule has 164 valence electrons. The molecular weight excluding hydrogens is 418 g/mol. The van der Waals surface area contributed by atoms with Crippen molar-refractivity contribution in [1.82, 2.24) is 0 Å². The summed E-state index contributed by atoms with van der Waals surface area (Å²) in [6.07, 6.45) is 1.70. The molecule has 0 radical (unpaired) electrons. The Labute approximate surface area is 184 Å². The van der Waals surface area contributed by atoms with E-state index in [1.165, 1.54) is 32.7 Å². The minimum absolute atomic E-state index is 0.303. The third-order valence-electron chi connectivity index (χ3n) is 4.68. The fourth-order valence-corrected chi connectivity index (χ4v) is 4.19. The minimum Gasteiger partial charge on any atom is -0.493 e. The highest BCUT2D eigenvalue weighted by molar-refractivity contribution is 7.23. The van der Waals surface area contributed by atoms with Crippen LogP contribution in [0.5, 0.6) is 17.2 Å². The van der Waals surface area contributed by atoms with Gasteiger partial charge in [0.2, 0.25) is 5.75 Å². The molecule has 0 atom stereocenters. The van der Waals surface area contributed by atoms with Crippen LogP contribution in [0, 0.1) is 0 Å². The first-order chi connectivity index (χ1) is 15.0. The highest BCUT2D eigenvalue weighted by Crippen LogP contribution is 2.40. The quantitative estimate of drug-likeness (QED) is 0.364. The topological polar surface area (TPSA) is 83.1 Å². The van der Waals surface area contributed by atoms with E-state index in [1.807, 2.05) is 31.2 Å². The van der Waals surface area contributed by atoms with Crippen LogP contribution >= 0.6 is 11.3 Å². The summed E-state index contributed by atoms with van der Waals surface area (Å²) in [4.78, 5) is 25.8. The Hall–Kier alpha value is -3.26. The molecular formula is C23H25NO6S. The Morgan fingerprint density at radius 1 is 1.00 bits per heavy atom. The summed E-state index contributed by atoms with van der Waals surface area (Å²) in [6.45, 7) is 2.36. The van der Waals surface area contributed by atoms with E-state index in [1.54, 1.807) is 12.1 Å². The van der Waals surface area contributed by atoms with Gasteiger partial charge in [-0.2, -0.15) is 0 Å². The van der Waals surface area contributed by atoms with Gasteiger partial charge in [0.25, 0.3) is 5.91 Å². The third kappa shape index (κ3) is 4.74. The van der Waals surface area contributed by atoms with Crippen LogP contribution in [0.25, 0.3) is 10.1 Å². The molecule has 2 aromatic carbocycles. The van der Waals surface area contributed by atoms with Gasteiger partial charge in [-0.1, -0.05) is 31.5 Å². The summed E-state index contributed by atoms with van der Waals surface area (Å²) in [5, 5.41) is 4.03. The summed E-state index contributed by atoms with van der Waals surface area (Å²) in [5.74, 6) is 0.258. The predicted octanol–water partition coefficient (Wildman–Crippen LogP) is 5.14. The lowest BCUT2D eigenvalue weighted by Crippen LogP contribution is -2.15. The maximum atomic E-state index is 13.1. The van der Waals surface area contributed by atoms with Gasteiger partial charge >= 0.3 is 5.97 Å². The number of benzene rings is 2. The largest absolute Gasteiger partial charge is 0.493 e. The van der Waals surface area contributed by atoms with E-state index in [4.69, 9.17) is 18.9 Å². The summed E-state index contributed by atoms with van der Waals surface area (Å²) in [6, 6.07) is 10.6. The van der Waals surface area contributed by atoms with Crippen molar-refractivity contribution in [3.63, 3.8) is 0 Å². The van der Waals surface area contributed by atoms with Crippen LogP contribution in [-0.4, -0.2) is 39.8 Å². The summed E-state index contributed by atoms with van der Waals surface area (Å²) >= 11 is 1.32. The highest BCUT2D eigenvalue weighted by Gasteiger charge is 2.23. The second kappa shape index (κ2) is 10.2. The predicted molar refractivity (Wildman–Crippen MR) is 121 cm³/mol. The molecule has 0 fully saturated rings. The molecule has 3 aromatic rings. The number of ether oxygens (including phenoxy) is 4. The number of hydrogen-bond acceptors (Lipinski definition) is 7. The molecule has 1 heterocycles. The number of amides is 1. The average molecular weight is 444 g/mol. The second-order valence-electron chi connectivity index (χ2n) is 6.66. The smallest absolute Gasteiger partial charge is 0.341 e. The molecule has 3 rings (SSSR count). The maximum Gasteiger partial charge on any atom is 0.341 e. The number of methoxy groups -OCH3 is 3. The molecule has 1 aromatic heterocycles. The zero-order chi connectivity index (χ0) is 22.4. The number of carbonyl (C=O) groups excluding carboxylic acids is 2. The Bertz CT molecular complexity index is 1070. The first-order valence-corrected chi connectivity index (χ1v) is 10.7. The monoisotopic (exact) mass is 443 g/mol. The second-order valence-corrected chi connectivity index (χ2v) is 7.71. The van der Waals surface area contributed by atoms with Gasteiger partial charge in [-0.25, -0.2) is 4.79 Å².